The topological polar surface area (TPSA) is 81.3 Å². The first-order chi connectivity index (χ1) is 10.9. The molecule has 3 rings (SSSR count). The Morgan fingerprint density at radius 3 is 2.52 bits per heavy atom. The van der Waals surface area contributed by atoms with Crippen LogP contribution in [0.4, 0.5) is 0 Å². The molecule has 0 amide bonds. The zero-order valence-corrected chi connectivity index (χ0v) is 12.7. The van der Waals surface area contributed by atoms with Crippen molar-refractivity contribution in [3.05, 3.63) is 73.9 Å². The summed E-state index contributed by atoms with van der Waals surface area (Å²) in [6.07, 6.45) is 0. The van der Waals surface area contributed by atoms with Crippen molar-refractivity contribution >= 4 is 28.5 Å². The SMILES string of the molecule is Cn1c(=O)n(-c2cccc(Cl)c2)c(=O)c2ccc(C(=O)O)cc21. The highest BCUT2D eigenvalue weighted by Crippen LogP contribution is 2.15. The number of hydrogen-bond acceptors (Lipinski definition) is 3. The maximum absolute atomic E-state index is 12.7. The van der Waals surface area contributed by atoms with E-state index in [-0.39, 0.29) is 16.5 Å². The molecule has 0 bridgehead atoms. The van der Waals surface area contributed by atoms with Crippen molar-refractivity contribution < 1.29 is 9.90 Å². The second-order valence-electron chi connectivity index (χ2n) is 5.00. The Morgan fingerprint density at radius 1 is 1.13 bits per heavy atom. The van der Waals surface area contributed by atoms with Gasteiger partial charge in [-0.2, -0.15) is 0 Å². The van der Waals surface area contributed by atoms with Crippen LogP contribution in [-0.4, -0.2) is 20.2 Å². The molecule has 0 fully saturated rings. The Kier molecular flexibility index (Phi) is 3.54. The summed E-state index contributed by atoms with van der Waals surface area (Å²) in [7, 11) is 1.48. The first-order valence-corrected chi connectivity index (χ1v) is 7.03. The Balaban J connectivity index is 2.43. The molecule has 0 radical (unpaired) electrons. The number of rotatable bonds is 2. The molecule has 1 N–H and O–H groups in total. The lowest BCUT2D eigenvalue weighted by atomic mass is 10.1. The van der Waals surface area contributed by atoms with Gasteiger partial charge in [0.2, 0.25) is 0 Å². The number of halogens is 1. The van der Waals surface area contributed by atoms with E-state index in [2.05, 4.69) is 0 Å². The standard InChI is InChI=1S/C16H11ClN2O4/c1-18-13-7-9(15(21)22)5-6-12(13)14(20)19(16(18)23)11-4-2-3-10(17)8-11/h2-8H,1H3,(H,21,22). The second kappa shape index (κ2) is 5.40. The molecule has 7 heteroatoms. The van der Waals surface area contributed by atoms with Gasteiger partial charge in [0.15, 0.2) is 0 Å². The molecule has 0 saturated heterocycles. The van der Waals surface area contributed by atoms with Crippen LogP contribution in [0.25, 0.3) is 16.6 Å². The van der Waals surface area contributed by atoms with Gasteiger partial charge in [-0.05, 0) is 36.4 Å². The van der Waals surface area contributed by atoms with Crippen molar-refractivity contribution in [2.24, 2.45) is 7.05 Å². The predicted molar refractivity (Wildman–Crippen MR) is 86.8 cm³/mol. The number of aryl methyl sites for hydroxylation is 1. The zero-order chi connectivity index (χ0) is 16.7. The van der Waals surface area contributed by atoms with Crippen LogP contribution in [0.3, 0.4) is 0 Å². The summed E-state index contributed by atoms with van der Waals surface area (Å²) < 4.78 is 2.25. The predicted octanol–water partition coefficient (Wildman–Crippen LogP) is 2.04. The molecule has 0 spiro atoms. The van der Waals surface area contributed by atoms with Crippen LogP contribution in [0.5, 0.6) is 0 Å². The number of hydrogen-bond donors (Lipinski definition) is 1. The van der Waals surface area contributed by atoms with Crippen molar-refractivity contribution in [3.63, 3.8) is 0 Å². The third kappa shape index (κ3) is 2.43. The summed E-state index contributed by atoms with van der Waals surface area (Å²) in [6.45, 7) is 0. The fourth-order valence-corrected chi connectivity index (χ4v) is 2.61. The minimum Gasteiger partial charge on any atom is -0.478 e. The fourth-order valence-electron chi connectivity index (χ4n) is 2.43. The van der Waals surface area contributed by atoms with E-state index < -0.39 is 17.2 Å². The van der Waals surface area contributed by atoms with E-state index in [0.717, 1.165) is 4.57 Å². The highest BCUT2D eigenvalue weighted by Gasteiger charge is 2.14. The molecule has 0 aliphatic rings. The summed E-state index contributed by atoms with van der Waals surface area (Å²) in [6, 6.07) is 10.4. The van der Waals surface area contributed by atoms with Crippen molar-refractivity contribution in [2.45, 2.75) is 0 Å². The van der Waals surface area contributed by atoms with E-state index >= 15 is 0 Å². The van der Waals surface area contributed by atoms with Gasteiger partial charge < -0.3 is 5.11 Å². The van der Waals surface area contributed by atoms with Gasteiger partial charge in [-0.3, -0.25) is 9.36 Å². The highest BCUT2D eigenvalue weighted by atomic mass is 35.5. The van der Waals surface area contributed by atoms with Crippen LogP contribution in [0.2, 0.25) is 5.02 Å². The second-order valence-corrected chi connectivity index (χ2v) is 5.44. The number of carboxylic acid groups (broad SMARTS) is 1. The molecule has 0 unspecified atom stereocenters. The van der Waals surface area contributed by atoms with Crippen LogP contribution in [-0.2, 0) is 7.05 Å². The molecule has 23 heavy (non-hydrogen) atoms. The van der Waals surface area contributed by atoms with E-state index in [1.807, 2.05) is 0 Å². The number of benzene rings is 2. The fraction of sp³-hybridized carbons (Fsp3) is 0.0625. The number of carbonyl (C=O) groups is 1. The van der Waals surface area contributed by atoms with Crippen molar-refractivity contribution in [3.8, 4) is 5.69 Å². The molecule has 3 aromatic rings. The molecule has 116 valence electrons. The van der Waals surface area contributed by atoms with Gasteiger partial charge in [0, 0.05) is 12.1 Å². The first-order valence-electron chi connectivity index (χ1n) is 6.65. The van der Waals surface area contributed by atoms with E-state index in [1.54, 1.807) is 18.2 Å². The van der Waals surface area contributed by atoms with Gasteiger partial charge in [0.05, 0.1) is 22.2 Å². The molecule has 2 aromatic carbocycles. The maximum Gasteiger partial charge on any atom is 0.335 e. The van der Waals surface area contributed by atoms with E-state index in [4.69, 9.17) is 16.7 Å². The summed E-state index contributed by atoms with van der Waals surface area (Å²) in [4.78, 5) is 36.3. The molecule has 1 heterocycles. The van der Waals surface area contributed by atoms with Crippen LogP contribution in [0.15, 0.2) is 52.1 Å². The lowest BCUT2D eigenvalue weighted by Gasteiger charge is -2.11. The third-order valence-corrected chi connectivity index (χ3v) is 3.82. The van der Waals surface area contributed by atoms with Gasteiger partial charge in [0.1, 0.15) is 0 Å². The molecule has 0 atom stereocenters. The molecular weight excluding hydrogens is 320 g/mol. The monoisotopic (exact) mass is 330 g/mol. The van der Waals surface area contributed by atoms with Gasteiger partial charge in [0.25, 0.3) is 5.56 Å². The Labute approximate surface area is 134 Å². The Hall–Kier alpha value is -2.86. The zero-order valence-electron chi connectivity index (χ0n) is 12.0. The number of carboxylic acids is 1. The summed E-state index contributed by atoms with van der Waals surface area (Å²) in [5.74, 6) is -1.13. The molecular formula is C16H11ClN2O4. The van der Waals surface area contributed by atoms with Crippen LogP contribution >= 0.6 is 11.6 Å². The number of fused-ring (bicyclic) bond motifs is 1. The Morgan fingerprint density at radius 2 is 1.87 bits per heavy atom. The van der Waals surface area contributed by atoms with Gasteiger partial charge in [-0.15, -0.1) is 0 Å². The maximum atomic E-state index is 12.7. The van der Waals surface area contributed by atoms with Crippen molar-refractivity contribution in [2.75, 3.05) is 0 Å². The van der Waals surface area contributed by atoms with Crippen LogP contribution in [0, 0.1) is 0 Å². The number of aromatic nitrogens is 2. The van der Waals surface area contributed by atoms with Gasteiger partial charge in [-0.25, -0.2) is 14.2 Å². The number of nitrogens with zero attached hydrogens (tertiary/aromatic N) is 2. The normalized spacial score (nSPS) is 10.9. The Bertz CT molecular complexity index is 1070. The molecule has 1 aromatic heterocycles. The molecule has 0 aliphatic carbocycles. The number of aromatic carboxylic acids is 1. The largest absolute Gasteiger partial charge is 0.478 e. The van der Waals surface area contributed by atoms with Crippen molar-refractivity contribution in [1.29, 1.82) is 0 Å². The lowest BCUT2D eigenvalue weighted by molar-refractivity contribution is 0.0697. The van der Waals surface area contributed by atoms with E-state index in [9.17, 15) is 14.4 Å². The minimum atomic E-state index is -1.13. The quantitative estimate of drug-likeness (QED) is 0.779. The highest BCUT2D eigenvalue weighted by molar-refractivity contribution is 6.30. The van der Waals surface area contributed by atoms with Crippen LogP contribution < -0.4 is 11.2 Å². The molecule has 0 saturated carbocycles. The van der Waals surface area contributed by atoms with Gasteiger partial charge in [-0.1, -0.05) is 17.7 Å². The van der Waals surface area contributed by atoms with E-state index in [0.29, 0.717) is 10.7 Å². The van der Waals surface area contributed by atoms with Crippen LogP contribution in [0.1, 0.15) is 10.4 Å². The molecule has 0 aliphatic heterocycles. The van der Waals surface area contributed by atoms with Crippen molar-refractivity contribution in [1.82, 2.24) is 9.13 Å². The molecule has 6 nitrogen and oxygen atoms in total. The summed E-state index contributed by atoms with van der Waals surface area (Å²) >= 11 is 5.92. The first kappa shape index (κ1) is 15.1. The smallest absolute Gasteiger partial charge is 0.335 e. The third-order valence-electron chi connectivity index (χ3n) is 3.58. The average Bonchev–Trinajstić information content (AvgIpc) is 2.52. The summed E-state index contributed by atoms with van der Waals surface area (Å²) in [5.41, 5.74) is -0.479. The minimum absolute atomic E-state index is 0.00686. The summed E-state index contributed by atoms with van der Waals surface area (Å²) in [5, 5.41) is 9.70. The van der Waals surface area contributed by atoms with E-state index in [1.165, 1.54) is 35.9 Å². The van der Waals surface area contributed by atoms with Gasteiger partial charge >= 0.3 is 11.7 Å². The average molecular weight is 331 g/mol. The lowest BCUT2D eigenvalue weighted by Crippen LogP contribution is -2.37.